The van der Waals surface area contributed by atoms with E-state index in [0.717, 1.165) is 10.4 Å². The van der Waals surface area contributed by atoms with Gasteiger partial charge in [0.25, 0.3) is 11.8 Å². The largest absolute Gasteiger partial charge is 0.490 e. The predicted molar refractivity (Wildman–Crippen MR) is 121 cm³/mol. The molecule has 1 aromatic heterocycles. The fourth-order valence-corrected chi connectivity index (χ4v) is 3.48. The summed E-state index contributed by atoms with van der Waals surface area (Å²) in [5.74, 6) is -0.188. The van der Waals surface area contributed by atoms with Gasteiger partial charge in [-0.15, -0.1) is 11.3 Å². The molecule has 5 nitrogen and oxygen atoms in total. The third-order valence-electron chi connectivity index (χ3n) is 4.08. The van der Waals surface area contributed by atoms with Crippen molar-refractivity contribution in [2.75, 3.05) is 13.2 Å². The molecule has 0 aliphatic rings. The summed E-state index contributed by atoms with van der Waals surface area (Å²) in [6, 6.07) is 18.1. The number of nitrogens with one attached hydrogen (secondary N) is 2. The van der Waals surface area contributed by atoms with Crippen LogP contribution in [0.2, 0.25) is 5.02 Å². The highest BCUT2D eigenvalue weighted by Gasteiger charge is 2.15. The topological polar surface area (TPSA) is 67.4 Å². The first-order valence-corrected chi connectivity index (χ1v) is 10.6. The van der Waals surface area contributed by atoms with E-state index in [4.69, 9.17) is 16.3 Å². The highest BCUT2D eigenvalue weighted by molar-refractivity contribution is 7.10. The molecule has 0 atom stereocenters. The van der Waals surface area contributed by atoms with Gasteiger partial charge in [0, 0.05) is 10.4 Å². The molecule has 0 fully saturated rings. The first-order valence-electron chi connectivity index (χ1n) is 9.31. The summed E-state index contributed by atoms with van der Waals surface area (Å²) in [5, 5.41) is 7.90. The zero-order valence-electron chi connectivity index (χ0n) is 16.4. The van der Waals surface area contributed by atoms with Gasteiger partial charge in [0.15, 0.2) is 0 Å². The van der Waals surface area contributed by atoms with Gasteiger partial charge < -0.3 is 15.4 Å². The minimum atomic E-state index is -0.396. The summed E-state index contributed by atoms with van der Waals surface area (Å²) in [6.07, 6.45) is 1.66. The number of aryl methyl sites for hydroxylation is 1. The second kappa shape index (κ2) is 10.6. The van der Waals surface area contributed by atoms with Crippen LogP contribution < -0.4 is 15.4 Å². The quantitative estimate of drug-likeness (QED) is 0.395. The van der Waals surface area contributed by atoms with Crippen LogP contribution in [0, 0.1) is 6.92 Å². The summed E-state index contributed by atoms with van der Waals surface area (Å²) in [7, 11) is 0. The van der Waals surface area contributed by atoms with Gasteiger partial charge in [-0.1, -0.05) is 47.5 Å². The summed E-state index contributed by atoms with van der Waals surface area (Å²) in [6.45, 7) is 2.41. The van der Waals surface area contributed by atoms with E-state index in [0.29, 0.717) is 16.3 Å². The predicted octanol–water partition coefficient (Wildman–Crippen LogP) is 4.68. The monoisotopic (exact) mass is 440 g/mol. The average Bonchev–Trinajstić information content (AvgIpc) is 3.25. The van der Waals surface area contributed by atoms with Crippen molar-refractivity contribution in [3.8, 4) is 5.75 Å². The van der Waals surface area contributed by atoms with Gasteiger partial charge in [-0.05, 0) is 48.7 Å². The Hall–Kier alpha value is -3.09. The first-order chi connectivity index (χ1) is 14.5. The number of carbonyl (C=O) groups excluding carboxylic acids is 2. The van der Waals surface area contributed by atoms with Crippen LogP contribution in [-0.4, -0.2) is 25.0 Å². The summed E-state index contributed by atoms with van der Waals surface area (Å²) in [5.41, 5.74) is 1.62. The molecule has 0 radical (unpaired) electrons. The number of thiophene rings is 1. The van der Waals surface area contributed by atoms with Crippen molar-refractivity contribution in [1.82, 2.24) is 10.6 Å². The van der Waals surface area contributed by atoms with Crippen LogP contribution in [0.3, 0.4) is 0 Å². The highest BCUT2D eigenvalue weighted by Crippen LogP contribution is 2.22. The number of carbonyl (C=O) groups is 2. The Morgan fingerprint density at radius 1 is 1.10 bits per heavy atom. The standard InChI is InChI=1S/C23H21ClN2O3S/c1-16-6-4-7-17(14-16)22(27)26-20(15-18-8-5-13-30-18)23(28)25-11-12-29-21-10-3-2-9-19(21)24/h2-10,13-15H,11-12H2,1H3,(H,25,28)(H,26,27)/b20-15-. The molecule has 0 saturated carbocycles. The van der Waals surface area contributed by atoms with Gasteiger partial charge >= 0.3 is 0 Å². The van der Waals surface area contributed by atoms with E-state index in [2.05, 4.69) is 10.6 Å². The average molecular weight is 441 g/mol. The molecular weight excluding hydrogens is 420 g/mol. The van der Waals surface area contributed by atoms with E-state index in [1.807, 2.05) is 42.6 Å². The SMILES string of the molecule is Cc1cccc(C(=O)N/C(=C\c2cccs2)C(=O)NCCOc2ccccc2Cl)c1. The molecule has 30 heavy (non-hydrogen) atoms. The number of hydrogen-bond donors (Lipinski definition) is 2. The molecule has 3 aromatic rings. The van der Waals surface area contributed by atoms with E-state index in [1.54, 1.807) is 36.4 Å². The van der Waals surface area contributed by atoms with Crippen molar-refractivity contribution in [2.24, 2.45) is 0 Å². The smallest absolute Gasteiger partial charge is 0.267 e. The molecule has 0 bridgehead atoms. The third kappa shape index (κ3) is 6.20. The molecule has 0 unspecified atom stereocenters. The van der Waals surface area contributed by atoms with Crippen molar-refractivity contribution in [3.05, 3.63) is 92.8 Å². The number of ether oxygens (including phenoxy) is 1. The van der Waals surface area contributed by atoms with Crippen LogP contribution in [0.1, 0.15) is 20.8 Å². The molecule has 2 aromatic carbocycles. The number of halogens is 1. The molecular formula is C23H21ClN2O3S. The third-order valence-corrected chi connectivity index (χ3v) is 5.22. The highest BCUT2D eigenvalue weighted by atomic mass is 35.5. The molecule has 2 N–H and O–H groups in total. The lowest BCUT2D eigenvalue weighted by molar-refractivity contribution is -0.117. The van der Waals surface area contributed by atoms with Crippen LogP contribution in [0.5, 0.6) is 5.75 Å². The first kappa shape index (κ1) is 21.6. The minimum Gasteiger partial charge on any atom is -0.490 e. The lowest BCUT2D eigenvalue weighted by Crippen LogP contribution is -2.36. The van der Waals surface area contributed by atoms with Crippen molar-refractivity contribution in [3.63, 3.8) is 0 Å². The van der Waals surface area contributed by atoms with E-state index in [9.17, 15) is 9.59 Å². The van der Waals surface area contributed by atoms with E-state index >= 15 is 0 Å². The van der Waals surface area contributed by atoms with Crippen LogP contribution in [0.15, 0.2) is 71.7 Å². The van der Waals surface area contributed by atoms with Crippen molar-refractivity contribution in [2.45, 2.75) is 6.92 Å². The van der Waals surface area contributed by atoms with Gasteiger partial charge in [-0.25, -0.2) is 0 Å². The Kier molecular flexibility index (Phi) is 7.65. The summed E-state index contributed by atoms with van der Waals surface area (Å²) < 4.78 is 5.58. The lowest BCUT2D eigenvalue weighted by atomic mass is 10.1. The Morgan fingerprint density at radius 2 is 1.93 bits per heavy atom. The van der Waals surface area contributed by atoms with E-state index < -0.39 is 5.91 Å². The zero-order valence-corrected chi connectivity index (χ0v) is 17.9. The fraction of sp³-hybridized carbons (Fsp3) is 0.130. The van der Waals surface area contributed by atoms with Gasteiger partial charge in [0.05, 0.1) is 11.6 Å². The molecule has 0 saturated heterocycles. The summed E-state index contributed by atoms with van der Waals surface area (Å²) in [4.78, 5) is 26.2. The van der Waals surface area contributed by atoms with Crippen molar-refractivity contribution < 1.29 is 14.3 Å². The molecule has 1 heterocycles. The normalized spacial score (nSPS) is 11.1. The number of hydrogen-bond acceptors (Lipinski definition) is 4. The molecule has 2 amide bonds. The minimum absolute atomic E-state index is 0.168. The van der Waals surface area contributed by atoms with E-state index in [1.165, 1.54) is 11.3 Å². The van der Waals surface area contributed by atoms with Crippen molar-refractivity contribution >= 4 is 40.8 Å². The Labute approximate surface area is 184 Å². The van der Waals surface area contributed by atoms with Gasteiger partial charge in [0.2, 0.25) is 0 Å². The van der Waals surface area contributed by atoms with Gasteiger partial charge in [-0.3, -0.25) is 9.59 Å². The Balaban J connectivity index is 1.64. The summed E-state index contributed by atoms with van der Waals surface area (Å²) >= 11 is 7.53. The number of para-hydroxylation sites is 1. The van der Waals surface area contributed by atoms with Crippen molar-refractivity contribution in [1.29, 1.82) is 0 Å². The van der Waals surface area contributed by atoms with Crippen LogP contribution >= 0.6 is 22.9 Å². The number of benzene rings is 2. The lowest BCUT2D eigenvalue weighted by Gasteiger charge is -2.12. The van der Waals surface area contributed by atoms with E-state index in [-0.39, 0.29) is 24.8 Å². The molecule has 3 rings (SSSR count). The maximum absolute atomic E-state index is 12.7. The molecule has 0 aliphatic carbocycles. The van der Waals surface area contributed by atoms with Gasteiger partial charge in [0.1, 0.15) is 18.1 Å². The molecule has 0 aliphatic heterocycles. The fourth-order valence-electron chi connectivity index (χ4n) is 2.64. The van der Waals surface area contributed by atoms with Crippen LogP contribution in [0.25, 0.3) is 6.08 Å². The second-order valence-corrected chi connectivity index (χ2v) is 7.82. The van der Waals surface area contributed by atoms with Gasteiger partial charge in [-0.2, -0.15) is 0 Å². The Morgan fingerprint density at radius 3 is 2.67 bits per heavy atom. The molecule has 7 heteroatoms. The zero-order chi connectivity index (χ0) is 21.3. The second-order valence-electron chi connectivity index (χ2n) is 6.43. The molecule has 154 valence electrons. The van der Waals surface area contributed by atoms with Crippen LogP contribution in [-0.2, 0) is 4.79 Å². The number of amides is 2. The molecule has 0 spiro atoms. The van der Waals surface area contributed by atoms with Crippen LogP contribution in [0.4, 0.5) is 0 Å². The number of rotatable bonds is 8. The Bertz CT molecular complexity index is 1050. The maximum Gasteiger partial charge on any atom is 0.267 e. The maximum atomic E-state index is 12.7.